The number of rotatable bonds is 5. The Bertz CT molecular complexity index is 377. The second-order valence-electron chi connectivity index (χ2n) is 5.04. The molecule has 1 aromatic rings. The first-order valence-electron chi connectivity index (χ1n) is 6.84. The van der Waals surface area contributed by atoms with Gasteiger partial charge in [0.25, 0.3) is 0 Å². The van der Waals surface area contributed by atoms with Gasteiger partial charge in [0.15, 0.2) is 0 Å². The minimum atomic E-state index is 0.338. The lowest BCUT2D eigenvalue weighted by Crippen LogP contribution is -2.47. The maximum atomic E-state index is 5.83. The predicted molar refractivity (Wildman–Crippen MR) is 80.8 cm³/mol. The zero-order valence-corrected chi connectivity index (χ0v) is 11.7. The largest absolute Gasteiger partial charge is 0.392 e. The summed E-state index contributed by atoms with van der Waals surface area (Å²) in [7, 11) is 0. The summed E-state index contributed by atoms with van der Waals surface area (Å²) in [6.45, 7) is 2.26. The third-order valence-electron chi connectivity index (χ3n) is 3.70. The van der Waals surface area contributed by atoms with Crippen LogP contribution in [0.2, 0.25) is 0 Å². The number of piperidine rings is 1. The van der Waals surface area contributed by atoms with Crippen molar-refractivity contribution in [2.24, 2.45) is 5.73 Å². The first-order chi connectivity index (χ1) is 8.77. The van der Waals surface area contributed by atoms with Crippen LogP contribution < -0.4 is 5.73 Å². The molecule has 0 aromatic heterocycles. The van der Waals surface area contributed by atoms with Gasteiger partial charge >= 0.3 is 0 Å². The Kier molecular flexibility index (Phi) is 5.14. The highest BCUT2D eigenvalue weighted by atomic mass is 32.1. The van der Waals surface area contributed by atoms with E-state index in [1.807, 2.05) is 0 Å². The Morgan fingerprint density at radius 1 is 1.28 bits per heavy atom. The van der Waals surface area contributed by atoms with Crippen molar-refractivity contribution >= 4 is 17.2 Å². The number of hydrogen-bond acceptors (Lipinski definition) is 2. The average molecular weight is 262 g/mol. The van der Waals surface area contributed by atoms with Crippen molar-refractivity contribution in [1.29, 1.82) is 0 Å². The Hall–Kier alpha value is -0.930. The van der Waals surface area contributed by atoms with Gasteiger partial charge in [0.2, 0.25) is 0 Å². The molecule has 0 radical (unpaired) electrons. The molecular formula is C15H22N2S. The third kappa shape index (κ3) is 3.79. The van der Waals surface area contributed by atoms with Crippen LogP contribution in [0.4, 0.5) is 0 Å². The molecule has 1 unspecified atom stereocenters. The number of hydrogen-bond donors (Lipinski definition) is 1. The summed E-state index contributed by atoms with van der Waals surface area (Å²) < 4.78 is 0. The van der Waals surface area contributed by atoms with Crippen molar-refractivity contribution in [3.63, 3.8) is 0 Å². The van der Waals surface area contributed by atoms with Gasteiger partial charge in [0.05, 0.1) is 11.0 Å². The molecule has 18 heavy (non-hydrogen) atoms. The summed E-state index contributed by atoms with van der Waals surface area (Å²) in [5, 5.41) is 0. The predicted octanol–water partition coefficient (Wildman–Crippen LogP) is 2.76. The second kappa shape index (κ2) is 6.86. The van der Waals surface area contributed by atoms with Gasteiger partial charge in [0, 0.05) is 0 Å². The van der Waals surface area contributed by atoms with Crippen molar-refractivity contribution < 1.29 is 0 Å². The Morgan fingerprint density at radius 3 is 2.78 bits per heavy atom. The molecule has 1 atom stereocenters. The van der Waals surface area contributed by atoms with Gasteiger partial charge in [-0.15, -0.1) is 0 Å². The summed E-state index contributed by atoms with van der Waals surface area (Å²) in [6.07, 6.45) is 6.01. The standard InChI is InChI=1S/C15H22N2S/c16-15(18)14-10-4-5-11-17(14)12-6-9-13-7-2-1-3-8-13/h1-3,7-8,14H,4-6,9-12H2,(H2,16,18). The molecular weight excluding hydrogens is 240 g/mol. The Labute approximate surface area is 115 Å². The van der Waals surface area contributed by atoms with Crippen molar-refractivity contribution in [3.8, 4) is 0 Å². The van der Waals surface area contributed by atoms with E-state index in [4.69, 9.17) is 18.0 Å². The molecule has 1 aliphatic rings. The summed E-state index contributed by atoms with van der Waals surface area (Å²) in [6, 6.07) is 11.0. The van der Waals surface area contributed by atoms with E-state index < -0.39 is 0 Å². The molecule has 0 bridgehead atoms. The van der Waals surface area contributed by atoms with Gasteiger partial charge in [-0.2, -0.15) is 0 Å². The number of likely N-dealkylation sites (tertiary alicyclic amines) is 1. The fraction of sp³-hybridized carbons (Fsp3) is 0.533. The van der Waals surface area contributed by atoms with Gasteiger partial charge < -0.3 is 5.73 Å². The molecule has 0 aliphatic carbocycles. The second-order valence-corrected chi connectivity index (χ2v) is 5.51. The lowest BCUT2D eigenvalue weighted by atomic mass is 10.0. The van der Waals surface area contributed by atoms with E-state index in [1.165, 1.54) is 24.8 Å². The van der Waals surface area contributed by atoms with Gasteiger partial charge in [-0.05, 0) is 44.3 Å². The highest BCUT2D eigenvalue weighted by Gasteiger charge is 2.23. The molecule has 0 saturated carbocycles. The van der Waals surface area contributed by atoms with Crippen molar-refractivity contribution in [2.75, 3.05) is 13.1 Å². The third-order valence-corrected chi connectivity index (χ3v) is 3.97. The zero-order chi connectivity index (χ0) is 12.8. The molecule has 1 fully saturated rings. The van der Waals surface area contributed by atoms with E-state index in [-0.39, 0.29) is 0 Å². The van der Waals surface area contributed by atoms with E-state index >= 15 is 0 Å². The van der Waals surface area contributed by atoms with Crippen molar-refractivity contribution in [3.05, 3.63) is 35.9 Å². The normalized spacial score (nSPS) is 20.8. The smallest absolute Gasteiger partial charge is 0.0902 e. The number of nitrogens with zero attached hydrogens (tertiary/aromatic N) is 1. The Balaban J connectivity index is 1.79. The van der Waals surface area contributed by atoms with E-state index in [1.54, 1.807) is 0 Å². The summed E-state index contributed by atoms with van der Waals surface area (Å²) in [4.78, 5) is 3.14. The highest BCUT2D eigenvalue weighted by molar-refractivity contribution is 7.80. The van der Waals surface area contributed by atoms with Crippen molar-refractivity contribution in [2.45, 2.75) is 38.1 Å². The minimum absolute atomic E-state index is 0.338. The van der Waals surface area contributed by atoms with Gasteiger partial charge in [-0.25, -0.2) is 0 Å². The summed E-state index contributed by atoms with van der Waals surface area (Å²) in [5.74, 6) is 0. The first-order valence-corrected chi connectivity index (χ1v) is 7.25. The van der Waals surface area contributed by atoms with Crippen LogP contribution in [0.25, 0.3) is 0 Å². The number of benzene rings is 1. The molecule has 3 heteroatoms. The number of aryl methyl sites for hydroxylation is 1. The first kappa shape index (κ1) is 13.5. The molecule has 1 saturated heterocycles. The van der Waals surface area contributed by atoms with E-state index in [9.17, 15) is 0 Å². The van der Waals surface area contributed by atoms with Gasteiger partial charge in [-0.1, -0.05) is 49.0 Å². The average Bonchev–Trinajstić information content (AvgIpc) is 2.40. The lowest BCUT2D eigenvalue weighted by Gasteiger charge is -2.35. The van der Waals surface area contributed by atoms with Crippen molar-refractivity contribution in [1.82, 2.24) is 4.90 Å². The maximum absolute atomic E-state index is 5.83. The lowest BCUT2D eigenvalue weighted by molar-refractivity contribution is 0.191. The highest BCUT2D eigenvalue weighted by Crippen LogP contribution is 2.18. The number of nitrogens with two attached hydrogens (primary N) is 1. The molecule has 1 heterocycles. The maximum Gasteiger partial charge on any atom is 0.0902 e. The fourth-order valence-corrected chi connectivity index (χ4v) is 2.98. The summed E-state index contributed by atoms with van der Waals surface area (Å²) >= 11 is 5.17. The van der Waals surface area contributed by atoms with Gasteiger partial charge in [0.1, 0.15) is 0 Å². The summed E-state index contributed by atoms with van der Waals surface area (Å²) in [5.41, 5.74) is 7.25. The topological polar surface area (TPSA) is 29.3 Å². The van der Waals surface area contributed by atoms with E-state index in [0.717, 1.165) is 25.9 Å². The molecule has 2 rings (SSSR count). The molecule has 98 valence electrons. The monoisotopic (exact) mass is 262 g/mol. The zero-order valence-electron chi connectivity index (χ0n) is 10.8. The molecule has 0 amide bonds. The molecule has 1 aliphatic heterocycles. The minimum Gasteiger partial charge on any atom is -0.392 e. The van der Waals surface area contributed by atoms with Crippen LogP contribution >= 0.6 is 12.2 Å². The Morgan fingerprint density at radius 2 is 2.06 bits per heavy atom. The van der Waals surface area contributed by atoms with Crippen LogP contribution in [0, 0.1) is 0 Å². The fourth-order valence-electron chi connectivity index (χ4n) is 2.71. The quantitative estimate of drug-likeness (QED) is 0.827. The molecule has 0 spiro atoms. The van der Waals surface area contributed by atoms with Gasteiger partial charge in [-0.3, -0.25) is 4.90 Å². The van der Waals surface area contributed by atoms with Crippen LogP contribution in [0.1, 0.15) is 31.2 Å². The van der Waals surface area contributed by atoms with E-state index in [2.05, 4.69) is 35.2 Å². The molecule has 1 aromatic carbocycles. The van der Waals surface area contributed by atoms with E-state index in [0.29, 0.717) is 11.0 Å². The van der Waals surface area contributed by atoms with Crippen LogP contribution in [0.5, 0.6) is 0 Å². The number of thiocarbonyl (C=S) groups is 1. The molecule has 2 N–H and O–H groups in total. The SMILES string of the molecule is NC(=S)C1CCCCN1CCCc1ccccc1. The van der Waals surface area contributed by atoms with Crippen LogP contribution in [-0.2, 0) is 6.42 Å². The van der Waals surface area contributed by atoms with Crippen LogP contribution in [0.15, 0.2) is 30.3 Å². The van der Waals surface area contributed by atoms with Crippen LogP contribution in [0.3, 0.4) is 0 Å². The van der Waals surface area contributed by atoms with Crippen LogP contribution in [-0.4, -0.2) is 29.0 Å². The molecule has 2 nitrogen and oxygen atoms in total.